The van der Waals surface area contributed by atoms with Gasteiger partial charge >= 0.3 is 0 Å². The maximum Gasteiger partial charge on any atom is 0.137 e. The summed E-state index contributed by atoms with van der Waals surface area (Å²) in [5.41, 5.74) is 0.965. The van der Waals surface area contributed by atoms with Crippen molar-refractivity contribution in [2.24, 2.45) is 7.05 Å². The molecule has 2 aromatic rings. The minimum Gasteiger partial charge on any atom is -0.338 e. The number of carbonyl (C=O) groups is 1. The molecule has 0 atom stereocenters. The van der Waals surface area contributed by atoms with E-state index in [4.69, 9.17) is 11.6 Å². The van der Waals surface area contributed by atoms with Crippen molar-refractivity contribution in [2.75, 3.05) is 0 Å². The van der Waals surface area contributed by atoms with Crippen LogP contribution in [0.1, 0.15) is 17.8 Å². The van der Waals surface area contributed by atoms with Gasteiger partial charge < -0.3 is 4.57 Å². The van der Waals surface area contributed by atoms with E-state index in [-0.39, 0.29) is 5.78 Å². The van der Waals surface area contributed by atoms with Crippen molar-refractivity contribution >= 4 is 17.4 Å². The molecule has 0 saturated carbocycles. The zero-order chi connectivity index (χ0) is 13.0. The van der Waals surface area contributed by atoms with Gasteiger partial charge in [0.05, 0.1) is 0 Å². The molecule has 0 bridgehead atoms. The minimum absolute atomic E-state index is 0.209. The number of aromatic nitrogens is 2. The second-order valence-corrected chi connectivity index (χ2v) is 4.74. The van der Waals surface area contributed by atoms with E-state index in [1.807, 2.05) is 42.1 Å². The largest absolute Gasteiger partial charge is 0.338 e. The molecule has 1 aromatic heterocycles. The molecule has 0 aliphatic heterocycles. The van der Waals surface area contributed by atoms with Crippen molar-refractivity contribution < 1.29 is 4.79 Å². The zero-order valence-corrected chi connectivity index (χ0v) is 11.0. The lowest BCUT2D eigenvalue weighted by Crippen LogP contribution is -2.06. The lowest BCUT2D eigenvalue weighted by molar-refractivity contribution is -0.118. The zero-order valence-electron chi connectivity index (χ0n) is 10.3. The summed E-state index contributed by atoms with van der Waals surface area (Å²) in [4.78, 5) is 16.0. The van der Waals surface area contributed by atoms with Crippen LogP contribution in [0.5, 0.6) is 0 Å². The normalized spacial score (nSPS) is 10.6. The standard InChI is InChI=1S/C14H15ClN2O/c1-17-8-7-16-14(17)6-5-13(18)10-11-3-2-4-12(15)9-11/h2-4,7-9H,5-6,10H2,1H3. The quantitative estimate of drug-likeness (QED) is 0.831. The summed E-state index contributed by atoms with van der Waals surface area (Å²) in [6, 6.07) is 7.43. The lowest BCUT2D eigenvalue weighted by Gasteiger charge is -2.03. The maximum atomic E-state index is 11.9. The summed E-state index contributed by atoms with van der Waals surface area (Å²) in [6.45, 7) is 0. The third kappa shape index (κ3) is 3.44. The van der Waals surface area contributed by atoms with E-state index in [1.54, 1.807) is 6.20 Å². The SMILES string of the molecule is Cn1ccnc1CCC(=O)Cc1cccc(Cl)c1. The molecule has 0 N–H and O–H groups in total. The number of hydrogen-bond donors (Lipinski definition) is 0. The molecule has 18 heavy (non-hydrogen) atoms. The van der Waals surface area contributed by atoms with Crippen LogP contribution in [-0.4, -0.2) is 15.3 Å². The Balaban J connectivity index is 1.88. The fourth-order valence-corrected chi connectivity index (χ4v) is 2.06. The molecule has 0 unspecified atom stereocenters. The van der Waals surface area contributed by atoms with E-state index < -0.39 is 0 Å². The van der Waals surface area contributed by atoms with Gasteiger partial charge in [0, 0.05) is 43.7 Å². The highest BCUT2D eigenvalue weighted by molar-refractivity contribution is 6.30. The maximum absolute atomic E-state index is 11.9. The summed E-state index contributed by atoms with van der Waals surface area (Å²) in [6.07, 6.45) is 5.26. The highest BCUT2D eigenvalue weighted by Crippen LogP contribution is 2.12. The number of rotatable bonds is 5. The number of Topliss-reactive ketones (excluding diaryl/α,β-unsaturated/α-hetero) is 1. The predicted molar refractivity (Wildman–Crippen MR) is 71.7 cm³/mol. The minimum atomic E-state index is 0.209. The average molecular weight is 263 g/mol. The molecule has 1 heterocycles. The second-order valence-electron chi connectivity index (χ2n) is 4.30. The van der Waals surface area contributed by atoms with Crippen molar-refractivity contribution in [3.63, 3.8) is 0 Å². The average Bonchev–Trinajstić information content (AvgIpc) is 2.72. The number of benzene rings is 1. The summed E-state index contributed by atoms with van der Waals surface area (Å²) < 4.78 is 1.94. The van der Waals surface area contributed by atoms with Crippen molar-refractivity contribution in [2.45, 2.75) is 19.3 Å². The number of imidazole rings is 1. The van der Waals surface area contributed by atoms with Crippen LogP contribution in [0.2, 0.25) is 5.02 Å². The van der Waals surface area contributed by atoms with Crippen LogP contribution in [0.3, 0.4) is 0 Å². The van der Waals surface area contributed by atoms with Crippen molar-refractivity contribution in [1.29, 1.82) is 0 Å². The van der Waals surface area contributed by atoms with Gasteiger partial charge in [-0.25, -0.2) is 4.98 Å². The Kier molecular flexibility index (Phi) is 4.15. The highest BCUT2D eigenvalue weighted by atomic mass is 35.5. The van der Waals surface area contributed by atoms with Crippen LogP contribution in [0.25, 0.3) is 0 Å². The number of halogens is 1. The molecule has 1 aromatic carbocycles. The Hall–Kier alpha value is -1.61. The number of hydrogen-bond acceptors (Lipinski definition) is 2. The smallest absolute Gasteiger partial charge is 0.137 e. The molecule has 0 aliphatic carbocycles. The summed E-state index contributed by atoms with van der Waals surface area (Å²) in [5.74, 6) is 1.15. The molecule has 0 amide bonds. The molecule has 3 nitrogen and oxygen atoms in total. The van der Waals surface area contributed by atoms with Crippen molar-refractivity contribution in [3.8, 4) is 0 Å². The van der Waals surface area contributed by atoms with Crippen LogP contribution in [-0.2, 0) is 24.7 Å². The van der Waals surface area contributed by atoms with Crippen molar-refractivity contribution in [3.05, 3.63) is 53.1 Å². The monoisotopic (exact) mass is 262 g/mol. The Morgan fingerprint density at radius 1 is 1.44 bits per heavy atom. The van der Waals surface area contributed by atoms with Gasteiger partial charge in [-0.2, -0.15) is 0 Å². The first-order valence-electron chi connectivity index (χ1n) is 5.87. The molecule has 2 rings (SSSR count). The Labute approximate surface area is 111 Å². The van der Waals surface area contributed by atoms with Crippen molar-refractivity contribution in [1.82, 2.24) is 9.55 Å². The first-order chi connectivity index (χ1) is 8.65. The van der Waals surface area contributed by atoms with Gasteiger partial charge in [0.1, 0.15) is 11.6 Å². The molecular weight excluding hydrogens is 248 g/mol. The van der Waals surface area contributed by atoms with E-state index in [0.29, 0.717) is 24.3 Å². The Bertz CT molecular complexity index is 548. The van der Waals surface area contributed by atoms with E-state index in [2.05, 4.69) is 4.98 Å². The summed E-state index contributed by atoms with van der Waals surface area (Å²) >= 11 is 5.88. The van der Waals surface area contributed by atoms with Crippen LogP contribution in [0, 0.1) is 0 Å². The molecule has 0 aliphatic rings. The lowest BCUT2D eigenvalue weighted by atomic mass is 10.1. The molecule has 0 spiro atoms. The number of nitrogens with zero attached hydrogens (tertiary/aromatic N) is 2. The van der Waals surface area contributed by atoms with Gasteiger partial charge in [-0.15, -0.1) is 0 Å². The van der Waals surface area contributed by atoms with Gasteiger partial charge in [-0.3, -0.25) is 4.79 Å². The topological polar surface area (TPSA) is 34.9 Å². The first-order valence-corrected chi connectivity index (χ1v) is 6.25. The van der Waals surface area contributed by atoms with Crippen LogP contribution < -0.4 is 0 Å². The first kappa shape index (κ1) is 12.8. The van der Waals surface area contributed by atoms with E-state index in [1.165, 1.54) is 0 Å². The Morgan fingerprint density at radius 2 is 2.28 bits per heavy atom. The van der Waals surface area contributed by atoms with Crippen LogP contribution in [0.15, 0.2) is 36.7 Å². The fourth-order valence-electron chi connectivity index (χ4n) is 1.85. The van der Waals surface area contributed by atoms with Gasteiger partial charge in [0.2, 0.25) is 0 Å². The van der Waals surface area contributed by atoms with E-state index in [0.717, 1.165) is 11.4 Å². The Morgan fingerprint density at radius 3 is 2.94 bits per heavy atom. The van der Waals surface area contributed by atoms with E-state index >= 15 is 0 Å². The molecule has 0 radical (unpaired) electrons. The van der Waals surface area contributed by atoms with Gasteiger partial charge in [-0.05, 0) is 17.7 Å². The summed E-state index contributed by atoms with van der Waals surface area (Å²) in [7, 11) is 1.93. The van der Waals surface area contributed by atoms with Gasteiger partial charge in [0.15, 0.2) is 0 Å². The molecule has 94 valence electrons. The van der Waals surface area contributed by atoms with E-state index in [9.17, 15) is 4.79 Å². The number of ketones is 1. The number of aryl methyl sites for hydroxylation is 2. The second kappa shape index (κ2) is 5.83. The third-order valence-electron chi connectivity index (χ3n) is 2.84. The van der Waals surface area contributed by atoms with Gasteiger partial charge in [-0.1, -0.05) is 23.7 Å². The number of carbonyl (C=O) groups excluding carboxylic acids is 1. The fraction of sp³-hybridized carbons (Fsp3) is 0.286. The molecular formula is C14H15ClN2O. The van der Waals surface area contributed by atoms with Crippen LogP contribution >= 0.6 is 11.6 Å². The predicted octanol–water partition coefficient (Wildman–Crippen LogP) is 2.82. The summed E-state index contributed by atoms with van der Waals surface area (Å²) in [5, 5.41) is 0.671. The molecule has 0 fully saturated rings. The van der Waals surface area contributed by atoms with Crippen LogP contribution in [0.4, 0.5) is 0 Å². The highest BCUT2D eigenvalue weighted by Gasteiger charge is 2.07. The third-order valence-corrected chi connectivity index (χ3v) is 3.07. The van der Waals surface area contributed by atoms with Gasteiger partial charge in [0.25, 0.3) is 0 Å². The molecule has 4 heteroatoms. The molecule has 0 saturated heterocycles.